The molecule has 0 spiro atoms. The average Bonchev–Trinajstić information content (AvgIpc) is 2.36. The van der Waals surface area contributed by atoms with Gasteiger partial charge >= 0.3 is 12.6 Å². The quantitative estimate of drug-likeness (QED) is 0.470. The van der Waals surface area contributed by atoms with Gasteiger partial charge in [0.15, 0.2) is 5.56 Å². The Bertz CT molecular complexity index is 568. The maximum absolute atomic E-state index is 12.2. The summed E-state index contributed by atoms with van der Waals surface area (Å²) in [6.45, 7) is -3.31. The van der Waals surface area contributed by atoms with Crippen molar-refractivity contribution >= 4 is 11.7 Å². The number of rotatable bonds is 4. The average molecular weight is 272 g/mol. The van der Waals surface area contributed by atoms with Gasteiger partial charge in [0.1, 0.15) is 5.75 Å². The van der Waals surface area contributed by atoms with Crippen LogP contribution in [0.15, 0.2) is 12.1 Å². The van der Waals surface area contributed by atoms with Crippen molar-refractivity contribution in [1.29, 1.82) is 5.26 Å². The van der Waals surface area contributed by atoms with E-state index in [0.29, 0.717) is 0 Å². The predicted molar refractivity (Wildman–Crippen MR) is 55.8 cm³/mol. The van der Waals surface area contributed by atoms with Crippen LogP contribution >= 0.6 is 0 Å². The van der Waals surface area contributed by atoms with Crippen LogP contribution in [0, 0.1) is 21.4 Å². The number of carbonyl (C=O) groups excluding carboxylic acids is 1. The minimum atomic E-state index is -3.31. The summed E-state index contributed by atoms with van der Waals surface area (Å²) in [7, 11) is 0.927. The number of nitro groups is 1. The first-order chi connectivity index (χ1) is 8.90. The lowest BCUT2D eigenvalue weighted by molar-refractivity contribution is -0.385. The first-order valence-electron chi connectivity index (χ1n) is 4.66. The third-order valence-corrected chi connectivity index (χ3v) is 2.01. The number of carbonyl (C=O) groups is 1. The lowest BCUT2D eigenvalue weighted by Crippen LogP contribution is -2.12. The van der Waals surface area contributed by atoms with Gasteiger partial charge in [-0.1, -0.05) is 0 Å². The molecule has 0 unspecified atom stereocenters. The van der Waals surface area contributed by atoms with E-state index in [1.807, 2.05) is 0 Å². The van der Waals surface area contributed by atoms with Gasteiger partial charge < -0.3 is 9.47 Å². The molecule has 19 heavy (non-hydrogen) atoms. The fraction of sp³-hybridized carbons (Fsp3) is 0.200. The highest BCUT2D eigenvalue weighted by atomic mass is 19.3. The molecule has 7 nitrogen and oxygen atoms in total. The molecule has 0 atom stereocenters. The van der Waals surface area contributed by atoms with Crippen LogP contribution in [-0.4, -0.2) is 24.6 Å². The summed E-state index contributed by atoms with van der Waals surface area (Å²) in [5.41, 5.74) is -1.91. The van der Waals surface area contributed by atoms with E-state index in [2.05, 4.69) is 9.47 Å². The summed E-state index contributed by atoms with van der Waals surface area (Å²) in [5.74, 6) is -2.00. The van der Waals surface area contributed by atoms with Crippen LogP contribution < -0.4 is 4.74 Å². The number of nitro benzene ring substituents is 1. The summed E-state index contributed by atoms with van der Waals surface area (Å²) in [6.07, 6.45) is 0. The minimum Gasteiger partial charge on any atom is -0.465 e. The molecule has 0 radical (unpaired) electrons. The fourth-order valence-electron chi connectivity index (χ4n) is 1.31. The summed E-state index contributed by atoms with van der Waals surface area (Å²) in [4.78, 5) is 21.2. The lowest BCUT2D eigenvalue weighted by atomic mass is 10.1. The van der Waals surface area contributed by atoms with Gasteiger partial charge in [-0.15, -0.1) is 0 Å². The molecule has 0 amide bonds. The van der Waals surface area contributed by atoms with Crippen LogP contribution in [0.3, 0.4) is 0 Å². The molecule has 0 aliphatic heterocycles. The number of esters is 1. The van der Waals surface area contributed by atoms with Crippen molar-refractivity contribution in [3.63, 3.8) is 0 Å². The predicted octanol–water partition coefficient (Wildman–Crippen LogP) is 1.85. The zero-order valence-electron chi connectivity index (χ0n) is 9.42. The second-order valence-corrected chi connectivity index (χ2v) is 3.11. The number of halogens is 2. The van der Waals surface area contributed by atoms with Gasteiger partial charge in [0.2, 0.25) is 0 Å². The Labute approximate surface area is 105 Å². The monoisotopic (exact) mass is 272 g/mol. The van der Waals surface area contributed by atoms with E-state index in [-0.39, 0.29) is 5.56 Å². The third kappa shape index (κ3) is 3.12. The number of benzene rings is 1. The van der Waals surface area contributed by atoms with E-state index in [1.54, 1.807) is 0 Å². The molecular weight excluding hydrogens is 266 g/mol. The zero-order chi connectivity index (χ0) is 14.6. The zero-order valence-corrected chi connectivity index (χ0v) is 9.42. The van der Waals surface area contributed by atoms with Crippen molar-refractivity contribution in [2.75, 3.05) is 7.11 Å². The van der Waals surface area contributed by atoms with Crippen molar-refractivity contribution in [3.8, 4) is 11.8 Å². The molecule has 1 aromatic carbocycles. The normalized spacial score (nSPS) is 9.84. The first-order valence-corrected chi connectivity index (χ1v) is 4.66. The SMILES string of the molecule is COC(=O)c1c(OC(F)F)cc(C#N)cc1[N+](=O)[O-]. The number of hydrogen-bond donors (Lipinski definition) is 0. The molecule has 0 bridgehead atoms. The summed E-state index contributed by atoms with van der Waals surface area (Å²) in [5, 5.41) is 19.5. The van der Waals surface area contributed by atoms with Crippen LogP contribution in [0.5, 0.6) is 5.75 Å². The van der Waals surface area contributed by atoms with E-state index in [9.17, 15) is 23.7 Å². The molecule has 1 rings (SSSR count). The highest BCUT2D eigenvalue weighted by Crippen LogP contribution is 2.32. The Morgan fingerprint density at radius 1 is 1.53 bits per heavy atom. The van der Waals surface area contributed by atoms with Crippen molar-refractivity contribution in [2.24, 2.45) is 0 Å². The van der Waals surface area contributed by atoms with Gasteiger partial charge in [0.05, 0.1) is 23.7 Å². The second-order valence-electron chi connectivity index (χ2n) is 3.11. The number of nitriles is 1. The standard InChI is InChI=1S/C10H6F2N2O5/c1-18-9(15)8-6(14(16)17)2-5(4-13)3-7(8)19-10(11)12/h2-3,10H,1H3. The van der Waals surface area contributed by atoms with Crippen LogP contribution in [0.1, 0.15) is 15.9 Å². The van der Waals surface area contributed by atoms with Crippen LogP contribution in [0.25, 0.3) is 0 Å². The number of nitrogens with zero attached hydrogens (tertiary/aromatic N) is 2. The number of ether oxygens (including phenoxy) is 2. The molecule has 0 aromatic heterocycles. The molecule has 0 aliphatic carbocycles. The van der Waals surface area contributed by atoms with Crippen molar-refractivity contribution in [3.05, 3.63) is 33.4 Å². The van der Waals surface area contributed by atoms with Gasteiger partial charge in [0, 0.05) is 6.07 Å². The molecule has 0 N–H and O–H groups in total. The van der Waals surface area contributed by atoms with E-state index >= 15 is 0 Å². The number of methoxy groups -OCH3 is 1. The summed E-state index contributed by atoms with van der Waals surface area (Å²) in [6, 6.07) is 3.10. The maximum atomic E-state index is 12.2. The second kappa shape index (κ2) is 5.72. The smallest absolute Gasteiger partial charge is 0.387 e. The first kappa shape index (κ1) is 14.3. The molecule has 0 saturated carbocycles. The van der Waals surface area contributed by atoms with E-state index in [4.69, 9.17) is 5.26 Å². The third-order valence-electron chi connectivity index (χ3n) is 2.01. The van der Waals surface area contributed by atoms with Gasteiger partial charge in [-0.2, -0.15) is 14.0 Å². The molecule has 0 heterocycles. The van der Waals surface area contributed by atoms with Crippen LogP contribution in [0.2, 0.25) is 0 Å². The van der Waals surface area contributed by atoms with Gasteiger partial charge in [-0.3, -0.25) is 10.1 Å². The molecular formula is C10H6F2N2O5. The number of alkyl halides is 2. The molecule has 0 saturated heterocycles. The van der Waals surface area contributed by atoms with Crippen LogP contribution in [-0.2, 0) is 4.74 Å². The molecule has 9 heteroatoms. The Morgan fingerprint density at radius 3 is 2.58 bits per heavy atom. The summed E-state index contributed by atoms with van der Waals surface area (Å²) >= 11 is 0. The number of hydrogen-bond acceptors (Lipinski definition) is 6. The van der Waals surface area contributed by atoms with E-state index in [1.165, 1.54) is 6.07 Å². The maximum Gasteiger partial charge on any atom is 0.387 e. The molecule has 1 aromatic rings. The molecule has 0 fully saturated rings. The van der Waals surface area contributed by atoms with Crippen LogP contribution in [0.4, 0.5) is 14.5 Å². The Hall–Kier alpha value is -2.76. The van der Waals surface area contributed by atoms with Crippen molar-refractivity contribution in [1.82, 2.24) is 0 Å². The highest BCUT2D eigenvalue weighted by Gasteiger charge is 2.29. The fourth-order valence-corrected chi connectivity index (χ4v) is 1.31. The largest absolute Gasteiger partial charge is 0.465 e. The van der Waals surface area contributed by atoms with Gasteiger partial charge in [0.25, 0.3) is 5.69 Å². The topological polar surface area (TPSA) is 102 Å². The van der Waals surface area contributed by atoms with Crippen molar-refractivity contribution in [2.45, 2.75) is 6.61 Å². The van der Waals surface area contributed by atoms with Crippen molar-refractivity contribution < 1.29 is 28.0 Å². The lowest BCUT2D eigenvalue weighted by Gasteiger charge is -2.09. The Balaban J connectivity index is 3.56. The van der Waals surface area contributed by atoms with E-state index in [0.717, 1.165) is 19.2 Å². The minimum absolute atomic E-state index is 0.296. The van der Waals surface area contributed by atoms with E-state index < -0.39 is 34.5 Å². The Morgan fingerprint density at radius 2 is 2.16 bits per heavy atom. The summed E-state index contributed by atoms with van der Waals surface area (Å²) < 4.78 is 32.7. The highest BCUT2D eigenvalue weighted by molar-refractivity contribution is 5.97. The Kier molecular flexibility index (Phi) is 4.31. The molecule has 0 aliphatic rings. The molecule has 100 valence electrons. The van der Waals surface area contributed by atoms with Gasteiger partial charge in [-0.05, 0) is 6.07 Å². The van der Waals surface area contributed by atoms with Gasteiger partial charge in [-0.25, -0.2) is 4.79 Å².